The smallest absolute Gasteiger partial charge is 0.248 e. The van der Waals surface area contributed by atoms with Crippen LogP contribution in [-0.4, -0.2) is 16.0 Å². The molecular formula is C12H9ClN2O2. The number of aromatic nitrogens is 1. The van der Waals surface area contributed by atoms with Crippen molar-refractivity contribution >= 4 is 17.5 Å². The summed E-state index contributed by atoms with van der Waals surface area (Å²) in [6.07, 6.45) is 1.31. The second-order valence-electron chi connectivity index (χ2n) is 3.47. The maximum Gasteiger partial charge on any atom is 0.248 e. The number of rotatable bonds is 2. The highest BCUT2D eigenvalue weighted by Gasteiger charge is 2.07. The van der Waals surface area contributed by atoms with Gasteiger partial charge in [0.25, 0.3) is 0 Å². The van der Waals surface area contributed by atoms with Crippen LogP contribution in [-0.2, 0) is 0 Å². The molecule has 0 bridgehead atoms. The Labute approximate surface area is 103 Å². The molecular weight excluding hydrogens is 240 g/mol. The molecule has 0 saturated heterocycles. The van der Waals surface area contributed by atoms with Crippen LogP contribution in [0.15, 0.2) is 36.5 Å². The van der Waals surface area contributed by atoms with Gasteiger partial charge in [-0.3, -0.25) is 9.78 Å². The fourth-order valence-electron chi connectivity index (χ4n) is 1.43. The molecule has 0 unspecified atom stereocenters. The van der Waals surface area contributed by atoms with E-state index in [-0.39, 0.29) is 5.75 Å². The molecule has 0 radical (unpaired) electrons. The summed E-state index contributed by atoms with van der Waals surface area (Å²) in [6, 6.07) is 8.01. The molecule has 0 saturated carbocycles. The van der Waals surface area contributed by atoms with Crippen LogP contribution in [0.25, 0.3) is 11.3 Å². The van der Waals surface area contributed by atoms with E-state index in [0.717, 1.165) is 5.56 Å². The zero-order valence-electron chi connectivity index (χ0n) is 8.72. The Balaban J connectivity index is 2.43. The van der Waals surface area contributed by atoms with Crippen molar-refractivity contribution in [2.75, 3.05) is 0 Å². The molecule has 0 fully saturated rings. The highest BCUT2D eigenvalue weighted by molar-refractivity contribution is 6.33. The van der Waals surface area contributed by atoms with Crippen LogP contribution in [0.3, 0.4) is 0 Å². The molecule has 1 heterocycles. The largest absolute Gasteiger partial charge is 0.506 e. The molecule has 3 N–H and O–H groups in total. The summed E-state index contributed by atoms with van der Waals surface area (Å²) >= 11 is 5.95. The fraction of sp³-hybridized carbons (Fsp3) is 0. The lowest BCUT2D eigenvalue weighted by molar-refractivity contribution is 0.100. The van der Waals surface area contributed by atoms with E-state index in [2.05, 4.69) is 4.98 Å². The molecule has 1 aromatic carbocycles. The molecule has 2 aromatic rings. The van der Waals surface area contributed by atoms with E-state index in [9.17, 15) is 9.90 Å². The van der Waals surface area contributed by atoms with Gasteiger partial charge in [0, 0.05) is 17.2 Å². The van der Waals surface area contributed by atoms with Crippen molar-refractivity contribution in [2.24, 2.45) is 5.73 Å². The zero-order chi connectivity index (χ0) is 12.4. The summed E-state index contributed by atoms with van der Waals surface area (Å²) in [7, 11) is 0. The minimum absolute atomic E-state index is 0.00695. The molecule has 86 valence electrons. The third-order valence-electron chi connectivity index (χ3n) is 2.27. The van der Waals surface area contributed by atoms with Crippen molar-refractivity contribution in [1.82, 2.24) is 4.98 Å². The third kappa shape index (κ3) is 2.37. The molecule has 0 aliphatic heterocycles. The van der Waals surface area contributed by atoms with Crippen molar-refractivity contribution < 1.29 is 9.90 Å². The molecule has 5 heteroatoms. The second-order valence-corrected chi connectivity index (χ2v) is 3.87. The third-order valence-corrected chi connectivity index (χ3v) is 2.56. The Morgan fingerprint density at radius 1 is 1.29 bits per heavy atom. The van der Waals surface area contributed by atoms with Gasteiger partial charge in [-0.1, -0.05) is 23.7 Å². The highest BCUT2D eigenvalue weighted by atomic mass is 35.5. The number of primary amides is 1. The zero-order valence-corrected chi connectivity index (χ0v) is 9.48. The predicted molar refractivity (Wildman–Crippen MR) is 64.9 cm³/mol. The van der Waals surface area contributed by atoms with Gasteiger partial charge in [-0.2, -0.15) is 0 Å². The Morgan fingerprint density at radius 2 is 1.94 bits per heavy atom. The minimum Gasteiger partial charge on any atom is -0.506 e. The summed E-state index contributed by atoms with van der Waals surface area (Å²) in [5.74, 6) is -0.478. The van der Waals surface area contributed by atoms with Crippen molar-refractivity contribution in [2.45, 2.75) is 0 Å². The van der Waals surface area contributed by atoms with Gasteiger partial charge in [-0.25, -0.2) is 0 Å². The molecule has 0 aliphatic rings. The number of hydrogen-bond acceptors (Lipinski definition) is 3. The first-order valence-corrected chi connectivity index (χ1v) is 5.20. The quantitative estimate of drug-likeness (QED) is 0.855. The number of aromatic hydroxyl groups is 1. The maximum atomic E-state index is 10.9. The standard InChI is InChI=1S/C12H9ClN2O2/c13-10-5-9(16)6-15-11(10)7-1-3-8(4-2-7)12(14)17/h1-6,16H,(H2,14,17). The molecule has 1 amide bonds. The first kappa shape index (κ1) is 11.4. The number of hydrogen-bond donors (Lipinski definition) is 2. The normalized spacial score (nSPS) is 10.2. The molecule has 0 spiro atoms. The monoisotopic (exact) mass is 248 g/mol. The van der Waals surface area contributed by atoms with E-state index in [1.165, 1.54) is 12.3 Å². The summed E-state index contributed by atoms with van der Waals surface area (Å²) in [4.78, 5) is 14.9. The van der Waals surface area contributed by atoms with E-state index < -0.39 is 5.91 Å². The Morgan fingerprint density at radius 3 is 2.47 bits per heavy atom. The van der Waals surface area contributed by atoms with Crippen LogP contribution in [0.5, 0.6) is 5.75 Å². The average molecular weight is 249 g/mol. The van der Waals surface area contributed by atoms with Crippen LogP contribution in [0.2, 0.25) is 5.02 Å². The van der Waals surface area contributed by atoms with Gasteiger partial charge in [-0.05, 0) is 12.1 Å². The average Bonchev–Trinajstić information content (AvgIpc) is 2.29. The highest BCUT2D eigenvalue weighted by Crippen LogP contribution is 2.28. The fourth-order valence-corrected chi connectivity index (χ4v) is 1.70. The number of carbonyl (C=O) groups is 1. The molecule has 1 aromatic heterocycles. The van der Waals surface area contributed by atoms with Crippen LogP contribution < -0.4 is 5.73 Å². The first-order chi connectivity index (χ1) is 8.08. The molecule has 0 atom stereocenters. The molecule has 4 nitrogen and oxygen atoms in total. The van der Waals surface area contributed by atoms with E-state index in [4.69, 9.17) is 17.3 Å². The summed E-state index contributed by atoms with van der Waals surface area (Å²) < 4.78 is 0. The number of amides is 1. The Hall–Kier alpha value is -2.07. The Kier molecular flexibility index (Phi) is 2.97. The van der Waals surface area contributed by atoms with Gasteiger partial charge in [0.2, 0.25) is 5.91 Å². The van der Waals surface area contributed by atoms with Crippen molar-refractivity contribution in [3.8, 4) is 17.0 Å². The first-order valence-electron chi connectivity index (χ1n) is 4.82. The number of carbonyl (C=O) groups excluding carboxylic acids is 1. The number of pyridine rings is 1. The van der Waals surface area contributed by atoms with Gasteiger partial charge in [0.15, 0.2) is 0 Å². The number of nitrogens with two attached hydrogens (primary N) is 1. The topological polar surface area (TPSA) is 76.2 Å². The van der Waals surface area contributed by atoms with E-state index in [0.29, 0.717) is 16.3 Å². The van der Waals surface area contributed by atoms with Crippen molar-refractivity contribution in [1.29, 1.82) is 0 Å². The predicted octanol–water partition coefficient (Wildman–Crippen LogP) is 2.21. The van der Waals surface area contributed by atoms with Crippen LogP contribution in [0.4, 0.5) is 0 Å². The van der Waals surface area contributed by atoms with E-state index in [1.807, 2.05) is 0 Å². The Bertz CT molecular complexity index is 567. The van der Waals surface area contributed by atoms with Gasteiger partial charge in [0.1, 0.15) is 5.75 Å². The van der Waals surface area contributed by atoms with Gasteiger partial charge in [0.05, 0.1) is 16.9 Å². The van der Waals surface area contributed by atoms with Gasteiger partial charge >= 0.3 is 0 Å². The number of nitrogens with zero attached hydrogens (tertiary/aromatic N) is 1. The lowest BCUT2D eigenvalue weighted by atomic mass is 10.1. The van der Waals surface area contributed by atoms with Gasteiger partial charge < -0.3 is 10.8 Å². The SMILES string of the molecule is NC(=O)c1ccc(-c2ncc(O)cc2Cl)cc1. The lowest BCUT2D eigenvalue weighted by Gasteiger charge is -2.04. The van der Waals surface area contributed by atoms with Crippen LogP contribution in [0, 0.1) is 0 Å². The van der Waals surface area contributed by atoms with Crippen LogP contribution in [0.1, 0.15) is 10.4 Å². The minimum atomic E-state index is -0.485. The molecule has 0 aliphatic carbocycles. The number of halogens is 1. The summed E-state index contributed by atoms with van der Waals surface area (Å²) in [6.45, 7) is 0. The van der Waals surface area contributed by atoms with Gasteiger partial charge in [-0.15, -0.1) is 0 Å². The number of benzene rings is 1. The molecule has 17 heavy (non-hydrogen) atoms. The van der Waals surface area contributed by atoms with Crippen molar-refractivity contribution in [3.05, 3.63) is 47.1 Å². The van der Waals surface area contributed by atoms with Crippen LogP contribution >= 0.6 is 11.6 Å². The van der Waals surface area contributed by atoms with E-state index in [1.54, 1.807) is 24.3 Å². The second kappa shape index (κ2) is 4.43. The maximum absolute atomic E-state index is 10.9. The summed E-state index contributed by atoms with van der Waals surface area (Å²) in [5, 5.41) is 9.54. The lowest BCUT2D eigenvalue weighted by Crippen LogP contribution is -2.10. The van der Waals surface area contributed by atoms with Crippen molar-refractivity contribution in [3.63, 3.8) is 0 Å². The summed E-state index contributed by atoms with van der Waals surface area (Å²) in [5.41, 5.74) is 6.85. The molecule has 2 rings (SSSR count). The van der Waals surface area contributed by atoms with E-state index >= 15 is 0 Å².